The lowest BCUT2D eigenvalue weighted by Crippen LogP contribution is -2.39. The molecule has 5 heteroatoms. The Morgan fingerprint density at radius 2 is 2.17 bits per heavy atom. The minimum absolute atomic E-state index is 0.161. The second kappa shape index (κ2) is 7.07. The van der Waals surface area contributed by atoms with Gasteiger partial charge in [-0.3, -0.25) is 9.69 Å². The summed E-state index contributed by atoms with van der Waals surface area (Å²) in [6.45, 7) is 9.52. The molecule has 2 atom stereocenters. The van der Waals surface area contributed by atoms with Crippen LogP contribution in [0.5, 0.6) is 0 Å². The summed E-state index contributed by atoms with van der Waals surface area (Å²) >= 11 is 0. The van der Waals surface area contributed by atoms with Gasteiger partial charge in [-0.2, -0.15) is 0 Å². The Morgan fingerprint density at radius 1 is 1.39 bits per heavy atom. The molecule has 0 aromatic carbocycles. The van der Waals surface area contributed by atoms with Crippen molar-refractivity contribution in [3.63, 3.8) is 0 Å². The largest absolute Gasteiger partial charge is 0.379 e. The fraction of sp³-hybridized carbons (Fsp3) is 0.923. The van der Waals surface area contributed by atoms with E-state index < -0.39 is 0 Å². The van der Waals surface area contributed by atoms with E-state index in [1.54, 1.807) is 0 Å². The van der Waals surface area contributed by atoms with Crippen LogP contribution in [-0.4, -0.2) is 63.3 Å². The highest BCUT2D eigenvalue weighted by molar-refractivity contribution is 5.79. The van der Waals surface area contributed by atoms with E-state index in [0.717, 1.165) is 58.9 Å². The van der Waals surface area contributed by atoms with Crippen LogP contribution in [0.4, 0.5) is 0 Å². The van der Waals surface area contributed by atoms with Gasteiger partial charge in [-0.15, -0.1) is 0 Å². The standard InChI is InChI=1S/C13H25N3O2/c1-11-9-14-10-12(11)13(17)15-3-2-4-16-5-7-18-8-6-16/h11-12,14H,2-10H2,1H3,(H,15,17). The Bertz CT molecular complexity index is 267. The molecule has 2 aliphatic rings. The smallest absolute Gasteiger partial charge is 0.224 e. The van der Waals surface area contributed by atoms with E-state index in [1.807, 2.05) is 0 Å². The van der Waals surface area contributed by atoms with Crippen LogP contribution >= 0.6 is 0 Å². The maximum absolute atomic E-state index is 11.9. The molecule has 0 radical (unpaired) electrons. The molecule has 2 heterocycles. The maximum Gasteiger partial charge on any atom is 0.224 e. The molecule has 104 valence electrons. The summed E-state index contributed by atoms with van der Waals surface area (Å²) in [5.41, 5.74) is 0. The number of morpholine rings is 1. The quantitative estimate of drug-likeness (QED) is 0.661. The molecule has 2 fully saturated rings. The van der Waals surface area contributed by atoms with Gasteiger partial charge in [-0.25, -0.2) is 0 Å². The molecule has 2 unspecified atom stereocenters. The SMILES string of the molecule is CC1CNCC1C(=O)NCCCN1CCOCC1. The van der Waals surface area contributed by atoms with Crippen LogP contribution in [0, 0.1) is 11.8 Å². The number of rotatable bonds is 5. The first-order valence-corrected chi connectivity index (χ1v) is 7.06. The third-order valence-electron chi connectivity index (χ3n) is 3.91. The van der Waals surface area contributed by atoms with Crippen molar-refractivity contribution >= 4 is 5.91 Å². The number of hydrogen-bond acceptors (Lipinski definition) is 4. The monoisotopic (exact) mass is 255 g/mol. The number of amides is 1. The van der Waals surface area contributed by atoms with Crippen LogP contribution in [0.25, 0.3) is 0 Å². The van der Waals surface area contributed by atoms with Gasteiger partial charge in [-0.05, 0) is 25.4 Å². The van der Waals surface area contributed by atoms with Gasteiger partial charge >= 0.3 is 0 Å². The van der Waals surface area contributed by atoms with Crippen molar-refractivity contribution in [1.29, 1.82) is 0 Å². The Balaban J connectivity index is 1.56. The molecule has 2 N–H and O–H groups in total. The molecule has 0 aromatic heterocycles. The number of carbonyl (C=O) groups is 1. The highest BCUT2D eigenvalue weighted by Gasteiger charge is 2.28. The number of nitrogens with zero attached hydrogens (tertiary/aromatic N) is 1. The molecule has 2 aliphatic heterocycles. The second-order valence-corrected chi connectivity index (χ2v) is 5.34. The molecular weight excluding hydrogens is 230 g/mol. The van der Waals surface area contributed by atoms with Crippen molar-refractivity contribution in [2.45, 2.75) is 13.3 Å². The van der Waals surface area contributed by atoms with E-state index in [0.29, 0.717) is 5.92 Å². The van der Waals surface area contributed by atoms with Crippen LogP contribution < -0.4 is 10.6 Å². The minimum atomic E-state index is 0.161. The zero-order valence-electron chi connectivity index (χ0n) is 11.3. The third kappa shape index (κ3) is 3.93. The fourth-order valence-corrected chi connectivity index (χ4v) is 2.63. The molecule has 0 spiro atoms. The average molecular weight is 255 g/mol. The van der Waals surface area contributed by atoms with E-state index in [-0.39, 0.29) is 11.8 Å². The predicted octanol–water partition coefficient (Wildman–Crippen LogP) is -0.320. The first-order chi connectivity index (χ1) is 8.77. The normalized spacial score (nSPS) is 29.4. The molecule has 0 bridgehead atoms. The Labute approximate surface area is 109 Å². The molecular formula is C13H25N3O2. The number of nitrogens with one attached hydrogen (secondary N) is 2. The summed E-state index contributed by atoms with van der Waals surface area (Å²) in [7, 11) is 0. The fourth-order valence-electron chi connectivity index (χ4n) is 2.63. The van der Waals surface area contributed by atoms with Crippen molar-refractivity contribution in [3.05, 3.63) is 0 Å². The summed E-state index contributed by atoms with van der Waals surface area (Å²) < 4.78 is 5.31. The topological polar surface area (TPSA) is 53.6 Å². The lowest BCUT2D eigenvalue weighted by molar-refractivity contribution is -0.125. The first kappa shape index (κ1) is 13.8. The predicted molar refractivity (Wildman–Crippen MR) is 70.4 cm³/mol. The van der Waals surface area contributed by atoms with Gasteiger partial charge < -0.3 is 15.4 Å². The summed E-state index contributed by atoms with van der Waals surface area (Å²) in [6.07, 6.45) is 1.03. The van der Waals surface area contributed by atoms with Gasteiger partial charge in [0.25, 0.3) is 0 Å². The highest BCUT2D eigenvalue weighted by atomic mass is 16.5. The lowest BCUT2D eigenvalue weighted by atomic mass is 9.97. The molecule has 5 nitrogen and oxygen atoms in total. The van der Waals surface area contributed by atoms with E-state index in [2.05, 4.69) is 22.5 Å². The van der Waals surface area contributed by atoms with Gasteiger partial charge in [-0.1, -0.05) is 6.92 Å². The van der Waals surface area contributed by atoms with E-state index in [9.17, 15) is 4.79 Å². The molecule has 0 saturated carbocycles. The van der Waals surface area contributed by atoms with Crippen molar-refractivity contribution in [2.75, 3.05) is 52.5 Å². The van der Waals surface area contributed by atoms with Crippen LogP contribution in [-0.2, 0) is 9.53 Å². The lowest BCUT2D eigenvalue weighted by Gasteiger charge is -2.26. The van der Waals surface area contributed by atoms with Gasteiger partial charge in [0.05, 0.1) is 19.1 Å². The van der Waals surface area contributed by atoms with Gasteiger partial charge in [0.2, 0.25) is 5.91 Å². The second-order valence-electron chi connectivity index (χ2n) is 5.34. The van der Waals surface area contributed by atoms with E-state index in [1.165, 1.54) is 0 Å². The summed E-state index contributed by atoms with van der Waals surface area (Å²) in [6, 6.07) is 0. The minimum Gasteiger partial charge on any atom is -0.379 e. The molecule has 0 aromatic rings. The highest BCUT2D eigenvalue weighted by Crippen LogP contribution is 2.15. The summed E-state index contributed by atoms with van der Waals surface area (Å²) in [4.78, 5) is 14.3. The first-order valence-electron chi connectivity index (χ1n) is 7.06. The van der Waals surface area contributed by atoms with Crippen molar-refractivity contribution in [2.24, 2.45) is 11.8 Å². The Morgan fingerprint density at radius 3 is 2.83 bits per heavy atom. The zero-order chi connectivity index (χ0) is 12.8. The van der Waals surface area contributed by atoms with Crippen LogP contribution in [0.15, 0.2) is 0 Å². The molecule has 1 amide bonds. The van der Waals surface area contributed by atoms with Crippen molar-refractivity contribution in [3.8, 4) is 0 Å². The zero-order valence-corrected chi connectivity index (χ0v) is 11.3. The summed E-state index contributed by atoms with van der Waals surface area (Å²) in [5, 5.41) is 6.32. The van der Waals surface area contributed by atoms with Crippen molar-refractivity contribution < 1.29 is 9.53 Å². The van der Waals surface area contributed by atoms with Crippen LogP contribution in [0.2, 0.25) is 0 Å². The van der Waals surface area contributed by atoms with Gasteiger partial charge in [0, 0.05) is 26.2 Å². The molecule has 2 rings (SSSR count). The number of hydrogen-bond donors (Lipinski definition) is 2. The van der Waals surface area contributed by atoms with Gasteiger partial charge in [0.15, 0.2) is 0 Å². The van der Waals surface area contributed by atoms with Crippen molar-refractivity contribution in [1.82, 2.24) is 15.5 Å². The van der Waals surface area contributed by atoms with Gasteiger partial charge in [0.1, 0.15) is 0 Å². The van der Waals surface area contributed by atoms with Crippen LogP contribution in [0.1, 0.15) is 13.3 Å². The Hall–Kier alpha value is -0.650. The third-order valence-corrected chi connectivity index (χ3v) is 3.91. The molecule has 0 aliphatic carbocycles. The number of ether oxygens (including phenoxy) is 1. The Kier molecular flexibility index (Phi) is 5.41. The molecule has 18 heavy (non-hydrogen) atoms. The van der Waals surface area contributed by atoms with E-state index >= 15 is 0 Å². The molecule has 2 saturated heterocycles. The maximum atomic E-state index is 11.9. The summed E-state index contributed by atoms with van der Waals surface area (Å²) in [5.74, 6) is 0.840. The number of carbonyl (C=O) groups excluding carboxylic acids is 1. The average Bonchev–Trinajstić information content (AvgIpc) is 2.82. The van der Waals surface area contributed by atoms with E-state index in [4.69, 9.17) is 4.74 Å². The van der Waals surface area contributed by atoms with Crippen LogP contribution in [0.3, 0.4) is 0 Å².